The number of aliphatic hydroxyl groups is 4. The van der Waals surface area contributed by atoms with E-state index in [4.69, 9.17) is 9.47 Å². The molecule has 4 rings (SSSR count). The van der Waals surface area contributed by atoms with Gasteiger partial charge in [-0.05, 0) is 25.7 Å². The highest BCUT2D eigenvalue weighted by Gasteiger charge is 2.89. The minimum Gasteiger partial charge on any atom is -0.464 e. The third-order valence-corrected chi connectivity index (χ3v) is 7.05. The predicted molar refractivity (Wildman–Crippen MR) is 71.7 cm³/mol. The van der Waals surface area contributed by atoms with Gasteiger partial charge in [-0.2, -0.15) is 0 Å². The summed E-state index contributed by atoms with van der Waals surface area (Å²) in [6.07, 6.45) is -4.06. The second-order valence-electron chi connectivity index (χ2n) is 7.62. The molecule has 2 saturated carbocycles. The minimum absolute atomic E-state index is 0.0311. The summed E-state index contributed by atoms with van der Waals surface area (Å²) >= 11 is 0. The van der Waals surface area contributed by atoms with Gasteiger partial charge in [-0.1, -0.05) is 6.92 Å². The monoisotopic (exact) mass is 328 g/mol. The fraction of sp³-hybridized carbons (Fsp3) is 0.867. The molecule has 0 amide bonds. The third kappa shape index (κ3) is 1.18. The summed E-state index contributed by atoms with van der Waals surface area (Å²) in [5.74, 6) is -2.25. The Hall–Kier alpha value is -1.22. The number of carbonyl (C=O) groups is 2. The van der Waals surface area contributed by atoms with Crippen LogP contribution in [0.4, 0.5) is 0 Å². The lowest BCUT2D eigenvalue weighted by Gasteiger charge is -2.69. The van der Waals surface area contributed by atoms with Gasteiger partial charge < -0.3 is 29.9 Å². The number of rotatable bonds is 0. The standard InChI is InChI=1S/C15H20O8/c1-6-3-7(16)15(21)13(6)4-8(23-10(18)9(13)17)12(2,20)14(15)5-22-11(14)19/h6-9,16-17,20-21H,3-5H2,1-2H3/t6-,7-,8-,9+,12+,13?,14+,15-/m1/s1. The number of hydrogen-bond acceptors (Lipinski definition) is 8. The third-order valence-electron chi connectivity index (χ3n) is 7.05. The molecule has 4 fully saturated rings. The lowest BCUT2D eigenvalue weighted by Crippen LogP contribution is -2.87. The largest absolute Gasteiger partial charge is 0.464 e. The molecular formula is C15H20O8. The first kappa shape index (κ1) is 15.3. The number of fused-ring (bicyclic) bond motifs is 2. The van der Waals surface area contributed by atoms with Gasteiger partial charge in [-0.3, -0.25) is 4.79 Å². The lowest BCUT2D eigenvalue weighted by molar-refractivity contribution is -0.371. The first-order valence-corrected chi connectivity index (χ1v) is 7.76. The van der Waals surface area contributed by atoms with Crippen molar-refractivity contribution in [3.05, 3.63) is 0 Å². The molecule has 0 aromatic heterocycles. The van der Waals surface area contributed by atoms with E-state index in [1.54, 1.807) is 6.92 Å². The Morgan fingerprint density at radius 3 is 2.39 bits per heavy atom. The van der Waals surface area contributed by atoms with Crippen LogP contribution in [0.25, 0.3) is 0 Å². The van der Waals surface area contributed by atoms with Crippen LogP contribution in [-0.4, -0.2) is 68.5 Å². The number of aliphatic hydroxyl groups excluding tert-OH is 2. The molecule has 128 valence electrons. The van der Waals surface area contributed by atoms with Crippen molar-refractivity contribution in [2.24, 2.45) is 16.7 Å². The topological polar surface area (TPSA) is 134 Å². The second-order valence-corrected chi connectivity index (χ2v) is 7.62. The van der Waals surface area contributed by atoms with Crippen molar-refractivity contribution in [1.29, 1.82) is 0 Å². The zero-order valence-corrected chi connectivity index (χ0v) is 12.9. The summed E-state index contributed by atoms with van der Waals surface area (Å²) < 4.78 is 10.0. The molecule has 2 aliphatic heterocycles. The van der Waals surface area contributed by atoms with Crippen molar-refractivity contribution in [1.82, 2.24) is 0 Å². The molecule has 0 aromatic carbocycles. The highest BCUT2D eigenvalue weighted by molar-refractivity contribution is 5.88. The molecule has 4 aliphatic rings. The summed E-state index contributed by atoms with van der Waals surface area (Å²) in [6, 6.07) is 0. The van der Waals surface area contributed by atoms with Gasteiger partial charge in [0.2, 0.25) is 0 Å². The van der Waals surface area contributed by atoms with Crippen LogP contribution in [0.1, 0.15) is 26.7 Å². The van der Waals surface area contributed by atoms with E-state index >= 15 is 0 Å². The van der Waals surface area contributed by atoms with E-state index < -0.39 is 58.2 Å². The van der Waals surface area contributed by atoms with Gasteiger partial charge in [0.1, 0.15) is 23.9 Å². The van der Waals surface area contributed by atoms with Gasteiger partial charge in [-0.15, -0.1) is 0 Å². The molecule has 1 unspecified atom stereocenters. The zero-order valence-electron chi connectivity index (χ0n) is 12.9. The van der Waals surface area contributed by atoms with Gasteiger partial charge in [0.25, 0.3) is 0 Å². The van der Waals surface area contributed by atoms with Gasteiger partial charge in [-0.25, -0.2) is 4.79 Å². The summed E-state index contributed by atoms with van der Waals surface area (Å²) in [6.45, 7) is 2.71. The average Bonchev–Trinajstić information content (AvgIpc) is 2.64. The summed E-state index contributed by atoms with van der Waals surface area (Å²) in [7, 11) is 0. The fourth-order valence-corrected chi connectivity index (χ4v) is 5.66. The fourth-order valence-electron chi connectivity index (χ4n) is 5.66. The van der Waals surface area contributed by atoms with Crippen LogP contribution < -0.4 is 0 Å². The maximum atomic E-state index is 12.4. The summed E-state index contributed by atoms with van der Waals surface area (Å²) in [5.41, 5.74) is -7.39. The SMILES string of the molecule is C[C@@H]1C[C@@H](O)[C@@]2(O)C13C[C@@H](OC(=O)[C@@H]3O)[C@](C)(O)[C@@]21COC1=O. The predicted octanol–water partition coefficient (Wildman–Crippen LogP) is -1.91. The molecule has 0 aromatic rings. The molecule has 2 aliphatic carbocycles. The van der Waals surface area contributed by atoms with E-state index in [-0.39, 0.29) is 19.4 Å². The van der Waals surface area contributed by atoms with Crippen LogP contribution in [0.2, 0.25) is 0 Å². The van der Waals surface area contributed by atoms with E-state index in [1.165, 1.54) is 6.92 Å². The minimum atomic E-state index is -2.17. The van der Waals surface area contributed by atoms with Crippen molar-refractivity contribution in [3.63, 3.8) is 0 Å². The van der Waals surface area contributed by atoms with Crippen LogP contribution in [-0.2, 0) is 19.1 Å². The Labute approximate surface area is 132 Å². The zero-order chi connectivity index (χ0) is 17.0. The van der Waals surface area contributed by atoms with E-state index in [0.29, 0.717) is 0 Å². The van der Waals surface area contributed by atoms with Crippen LogP contribution in [0, 0.1) is 16.7 Å². The Kier molecular flexibility index (Phi) is 2.58. The van der Waals surface area contributed by atoms with E-state index in [1.807, 2.05) is 0 Å². The first-order chi connectivity index (χ1) is 10.6. The highest BCUT2D eigenvalue weighted by atomic mass is 16.6. The Bertz CT molecular complexity index is 617. The molecule has 23 heavy (non-hydrogen) atoms. The highest BCUT2D eigenvalue weighted by Crippen LogP contribution is 2.72. The number of carbonyl (C=O) groups excluding carboxylic acids is 2. The number of esters is 2. The number of hydrogen-bond donors (Lipinski definition) is 4. The molecule has 2 saturated heterocycles. The normalized spacial score (nSPS) is 60.8. The van der Waals surface area contributed by atoms with Crippen LogP contribution in [0.15, 0.2) is 0 Å². The number of ether oxygens (including phenoxy) is 2. The van der Waals surface area contributed by atoms with E-state index in [0.717, 1.165) is 0 Å². The van der Waals surface area contributed by atoms with Gasteiger partial charge in [0, 0.05) is 5.41 Å². The van der Waals surface area contributed by atoms with Crippen LogP contribution in [0.5, 0.6) is 0 Å². The molecule has 2 heterocycles. The van der Waals surface area contributed by atoms with Crippen LogP contribution >= 0.6 is 0 Å². The molecule has 0 radical (unpaired) electrons. The average molecular weight is 328 g/mol. The van der Waals surface area contributed by atoms with Crippen molar-refractivity contribution in [2.45, 2.75) is 56.2 Å². The molecular weight excluding hydrogens is 308 g/mol. The maximum absolute atomic E-state index is 12.4. The second kappa shape index (κ2) is 3.88. The maximum Gasteiger partial charge on any atom is 0.336 e. The molecule has 8 atom stereocenters. The Balaban J connectivity index is 2.04. The first-order valence-electron chi connectivity index (χ1n) is 7.76. The molecule has 2 spiro atoms. The Morgan fingerprint density at radius 1 is 1.22 bits per heavy atom. The quantitative estimate of drug-likeness (QED) is 0.379. The Morgan fingerprint density at radius 2 is 1.87 bits per heavy atom. The van der Waals surface area contributed by atoms with Gasteiger partial charge >= 0.3 is 11.9 Å². The van der Waals surface area contributed by atoms with Crippen molar-refractivity contribution < 1.29 is 39.5 Å². The lowest BCUT2D eigenvalue weighted by atomic mass is 9.42. The number of cyclic esters (lactones) is 1. The van der Waals surface area contributed by atoms with Gasteiger partial charge in [0.05, 0.1) is 6.10 Å². The van der Waals surface area contributed by atoms with Gasteiger partial charge in [0.15, 0.2) is 11.5 Å². The smallest absolute Gasteiger partial charge is 0.336 e. The van der Waals surface area contributed by atoms with Crippen molar-refractivity contribution >= 4 is 11.9 Å². The summed E-state index contributed by atoms with van der Waals surface area (Å²) in [5, 5.41) is 43.7. The van der Waals surface area contributed by atoms with Crippen molar-refractivity contribution in [3.8, 4) is 0 Å². The molecule has 8 heteroatoms. The molecule has 8 nitrogen and oxygen atoms in total. The molecule has 4 N–H and O–H groups in total. The van der Waals surface area contributed by atoms with E-state index in [9.17, 15) is 30.0 Å². The van der Waals surface area contributed by atoms with Crippen LogP contribution in [0.3, 0.4) is 0 Å². The molecule has 2 bridgehead atoms. The van der Waals surface area contributed by atoms with Crippen molar-refractivity contribution in [2.75, 3.05) is 6.61 Å². The van der Waals surface area contributed by atoms with E-state index in [2.05, 4.69) is 0 Å². The summed E-state index contributed by atoms with van der Waals surface area (Å²) in [4.78, 5) is 24.5.